The van der Waals surface area contributed by atoms with Gasteiger partial charge in [0.1, 0.15) is 17.5 Å². The van der Waals surface area contributed by atoms with Crippen molar-refractivity contribution < 1.29 is 14.3 Å². The summed E-state index contributed by atoms with van der Waals surface area (Å²) >= 11 is 0. The number of rotatable bonds is 1. The molecule has 1 N–H and O–H groups in total. The van der Waals surface area contributed by atoms with E-state index < -0.39 is 0 Å². The molecule has 7 nitrogen and oxygen atoms in total. The number of aromatic amines is 1. The Hall–Kier alpha value is -2.83. The van der Waals surface area contributed by atoms with Gasteiger partial charge in [0.15, 0.2) is 0 Å². The normalized spacial score (nSPS) is 23.3. The van der Waals surface area contributed by atoms with Gasteiger partial charge in [-0.2, -0.15) is 5.10 Å². The minimum Gasteiger partial charge on any atom is -0.487 e. The molecule has 2 aromatic rings. The molecule has 1 aromatic heterocycles. The summed E-state index contributed by atoms with van der Waals surface area (Å²) in [6.07, 6.45) is 8.15. The quantitative estimate of drug-likeness (QED) is 0.780. The van der Waals surface area contributed by atoms with Gasteiger partial charge < -0.3 is 14.5 Å². The van der Waals surface area contributed by atoms with Crippen LogP contribution in [0.4, 0.5) is 0 Å². The fraction of sp³-hybridized carbons (Fsp3) is 0.522. The molecule has 1 aromatic carbocycles. The molecular weight excluding hydrogens is 380 g/mol. The Morgan fingerprint density at radius 2 is 1.87 bits per heavy atom. The minimum atomic E-state index is -0.134. The van der Waals surface area contributed by atoms with Gasteiger partial charge in [0, 0.05) is 26.3 Å². The van der Waals surface area contributed by atoms with E-state index >= 15 is 0 Å². The molecule has 7 heteroatoms. The first-order valence-corrected chi connectivity index (χ1v) is 11.0. The Balaban J connectivity index is 1.68. The Labute approximate surface area is 177 Å². The van der Waals surface area contributed by atoms with Gasteiger partial charge in [-0.1, -0.05) is 18.6 Å². The molecule has 0 spiro atoms. The maximum Gasteiger partial charge on any atom is 0.272 e. The highest BCUT2D eigenvalue weighted by atomic mass is 16.5. The van der Waals surface area contributed by atoms with Crippen LogP contribution in [0.2, 0.25) is 0 Å². The first-order chi connectivity index (χ1) is 14.6. The van der Waals surface area contributed by atoms with Gasteiger partial charge in [-0.3, -0.25) is 14.7 Å². The van der Waals surface area contributed by atoms with Gasteiger partial charge in [-0.05, 0) is 56.7 Å². The maximum absolute atomic E-state index is 13.3. The molecular formula is C23H30N4O3. The van der Waals surface area contributed by atoms with Crippen molar-refractivity contribution in [2.45, 2.75) is 57.1 Å². The second-order valence-corrected chi connectivity index (χ2v) is 8.26. The minimum absolute atomic E-state index is 0.0115. The van der Waals surface area contributed by atoms with E-state index in [-0.39, 0.29) is 24.0 Å². The molecule has 0 bridgehead atoms. The average Bonchev–Trinajstić information content (AvgIpc) is 3.31. The molecule has 2 heterocycles. The van der Waals surface area contributed by atoms with Crippen molar-refractivity contribution in [3.05, 3.63) is 47.8 Å². The standard InChI is InChI=1S/C23H30N4O3/c1-26-15-7-2-8-16-27(23(29)18-13-14-24-25-18)19-10-4-6-12-21(19)30-20-11-5-3-9-17(20)22(26)28/h3,5,9,11,13-14,19,21H,2,4,6-8,10,12,15-16H2,1H3,(H,24,25)/t19-,21+/m1/s1. The molecule has 1 aliphatic heterocycles. The zero-order chi connectivity index (χ0) is 20.9. The Morgan fingerprint density at radius 1 is 1.07 bits per heavy atom. The number of carbonyl (C=O) groups is 2. The predicted octanol–water partition coefficient (Wildman–Crippen LogP) is 3.50. The highest BCUT2D eigenvalue weighted by Crippen LogP contribution is 2.31. The summed E-state index contributed by atoms with van der Waals surface area (Å²) < 4.78 is 6.46. The van der Waals surface area contributed by atoms with Gasteiger partial charge in [0.05, 0.1) is 11.6 Å². The van der Waals surface area contributed by atoms with Gasteiger partial charge in [0.25, 0.3) is 11.8 Å². The van der Waals surface area contributed by atoms with E-state index in [4.69, 9.17) is 4.74 Å². The third-order valence-electron chi connectivity index (χ3n) is 6.20. The van der Waals surface area contributed by atoms with Crippen molar-refractivity contribution in [3.8, 4) is 5.75 Å². The number of hydrogen-bond donors (Lipinski definition) is 1. The second-order valence-electron chi connectivity index (χ2n) is 8.26. The van der Waals surface area contributed by atoms with E-state index in [9.17, 15) is 9.59 Å². The Bertz CT molecular complexity index is 867. The zero-order valence-electron chi connectivity index (χ0n) is 17.5. The van der Waals surface area contributed by atoms with Crippen molar-refractivity contribution >= 4 is 11.8 Å². The Kier molecular flexibility index (Phi) is 6.35. The lowest BCUT2D eigenvalue weighted by atomic mass is 9.90. The van der Waals surface area contributed by atoms with E-state index in [0.717, 1.165) is 44.9 Å². The van der Waals surface area contributed by atoms with Crippen LogP contribution in [0.1, 0.15) is 65.8 Å². The molecule has 30 heavy (non-hydrogen) atoms. The maximum atomic E-state index is 13.3. The van der Waals surface area contributed by atoms with Gasteiger partial charge in [0.2, 0.25) is 0 Å². The number of nitrogens with one attached hydrogen (secondary N) is 1. The van der Waals surface area contributed by atoms with Crippen LogP contribution < -0.4 is 4.74 Å². The van der Waals surface area contributed by atoms with Crippen LogP contribution in [0, 0.1) is 0 Å². The SMILES string of the molecule is CN1CCCCCN(C(=O)c2ccn[nH]2)[C@@H]2CCCC[C@@H]2Oc2ccccc2C1=O. The van der Waals surface area contributed by atoms with Gasteiger partial charge in [-0.25, -0.2) is 0 Å². The van der Waals surface area contributed by atoms with E-state index in [1.165, 1.54) is 0 Å². The molecule has 2 aliphatic rings. The third-order valence-corrected chi connectivity index (χ3v) is 6.20. The lowest BCUT2D eigenvalue weighted by Gasteiger charge is -2.40. The molecule has 0 unspecified atom stereocenters. The number of fused-ring (bicyclic) bond motifs is 2. The zero-order valence-corrected chi connectivity index (χ0v) is 17.5. The van der Waals surface area contributed by atoms with Crippen molar-refractivity contribution in [2.24, 2.45) is 0 Å². The van der Waals surface area contributed by atoms with Crippen LogP contribution in [-0.2, 0) is 0 Å². The molecule has 2 atom stereocenters. The lowest BCUT2D eigenvalue weighted by molar-refractivity contribution is 0.0269. The molecule has 2 amide bonds. The van der Waals surface area contributed by atoms with Crippen molar-refractivity contribution in [2.75, 3.05) is 20.1 Å². The number of nitrogens with zero attached hydrogens (tertiary/aromatic N) is 3. The summed E-state index contributed by atoms with van der Waals surface area (Å²) in [7, 11) is 1.84. The largest absolute Gasteiger partial charge is 0.487 e. The van der Waals surface area contributed by atoms with Crippen LogP contribution in [0.15, 0.2) is 36.5 Å². The van der Waals surface area contributed by atoms with Crippen LogP contribution in [-0.4, -0.2) is 64.1 Å². The first kappa shape index (κ1) is 20.4. The molecule has 4 rings (SSSR count). The number of H-pyrrole nitrogens is 1. The summed E-state index contributed by atoms with van der Waals surface area (Å²) in [5.41, 5.74) is 1.11. The van der Waals surface area contributed by atoms with E-state index in [2.05, 4.69) is 10.2 Å². The molecule has 160 valence electrons. The van der Waals surface area contributed by atoms with Crippen molar-refractivity contribution in [3.63, 3.8) is 0 Å². The number of hydrogen-bond acceptors (Lipinski definition) is 4. The van der Waals surface area contributed by atoms with Crippen LogP contribution in [0.5, 0.6) is 5.75 Å². The molecule has 1 aliphatic carbocycles. The number of aromatic nitrogens is 2. The average molecular weight is 411 g/mol. The number of ether oxygens (including phenoxy) is 1. The Morgan fingerprint density at radius 3 is 2.70 bits per heavy atom. The summed E-state index contributed by atoms with van der Waals surface area (Å²) in [5, 5.41) is 6.78. The van der Waals surface area contributed by atoms with Crippen LogP contribution >= 0.6 is 0 Å². The van der Waals surface area contributed by atoms with Crippen LogP contribution in [0.25, 0.3) is 0 Å². The van der Waals surface area contributed by atoms with Crippen molar-refractivity contribution in [1.29, 1.82) is 0 Å². The van der Waals surface area contributed by atoms with Crippen molar-refractivity contribution in [1.82, 2.24) is 20.0 Å². The fourth-order valence-corrected chi connectivity index (χ4v) is 4.54. The van der Waals surface area contributed by atoms with E-state index in [1.807, 2.05) is 36.2 Å². The number of carbonyl (C=O) groups excluding carboxylic acids is 2. The van der Waals surface area contributed by atoms with Gasteiger partial charge in [-0.15, -0.1) is 0 Å². The van der Waals surface area contributed by atoms with E-state index in [1.54, 1.807) is 17.2 Å². The number of benzene rings is 1. The summed E-state index contributed by atoms with van der Waals surface area (Å²) in [6.45, 7) is 1.37. The summed E-state index contributed by atoms with van der Waals surface area (Å²) in [6, 6.07) is 9.18. The first-order valence-electron chi connectivity index (χ1n) is 11.0. The van der Waals surface area contributed by atoms with Crippen LogP contribution in [0.3, 0.4) is 0 Å². The molecule has 1 fully saturated rings. The smallest absolute Gasteiger partial charge is 0.272 e. The fourth-order valence-electron chi connectivity index (χ4n) is 4.54. The summed E-state index contributed by atoms with van der Waals surface area (Å²) in [4.78, 5) is 30.0. The third kappa shape index (κ3) is 4.35. The lowest BCUT2D eigenvalue weighted by Crippen LogP contribution is -2.51. The highest BCUT2D eigenvalue weighted by Gasteiger charge is 2.36. The number of amides is 2. The monoisotopic (exact) mass is 410 g/mol. The molecule has 1 saturated carbocycles. The topological polar surface area (TPSA) is 78.5 Å². The molecule has 0 saturated heterocycles. The predicted molar refractivity (Wildman–Crippen MR) is 114 cm³/mol. The summed E-state index contributed by atoms with van der Waals surface area (Å²) in [5.74, 6) is 0.575. The van der Waals surface area contributed by atoms with E-state index in [0.29, 0.717) is 30.1 Å². The number of para-hydroxylation sites is 1. The second kappa shape index (κ2) is 9.32. The molecule has 0 radical (unpaired) electrons. The highest BCUT2D eigenvalue weighted by molar-refractivity contribution is 5.96. The van der Waals surface area contributed by atoms with Gasteiger partial charge >= 0.3 is 0 Å².